The number of pyridine rings is 1. The Kier molecular flexibility index (Phi) is 3.66. The molecular formula is C9H10F3N5. The van der Waals surface area contributed by atoms with Crippen molar-refractivity contribution in [3.05, 3.63) is 17.8 Å². The molecule has 0 aromatic carbocycles. The highest BCUT2D eigenvalue weighted by Crippen LogP contribution is 2.36. The van der Waals surface area contributed by atoms with Crippen LogP contribution in [-0.4, -0.2) is 17.9 Å². The third-order valence-electron chi connectivity index (χ3n) is 1.74. The van der Waals surface area contributed by atoms with Gasteiger partial charge in [0.25, 0.3) is 0 Å². The van der Waals surface area contributed by atoms with Gasteiger partial charge >= 0.3 is 6.18 Å². The van der Waals surface area contributed by atoms with Gasteiger partial charge in [0.1, 0.15) is 5.56 Å². The molecule has 0 fully saturated rings. The van der Waals surface area contributed by atoms with E-state index in [1.54, 1.807) is 0 Å². The van der Waals surface area contributed by atoms with Gasteiger partial charge < -0.3 is 5.73 Å². The Bertz CT molecular complexity index is 441. The van der Waals surface area contributed by atoms with Gasteiger partial charge in [0.05, 0.1) is 11.9 Å². The summed E-state index contributed by atoms with van der Waals surface area (Å²) in [5, 5.41) is 7.61. The zero-order valence-electron chi connectivity index (χ0n) is 8.94. The van der Waals surface area contributed by atoms with Crippen molar-refractivity contribution in [2.24, 2.45) is 10.2 Å². The normalized spacial score (nSPS) is 11.8. The molecule has 1 aromatic rings. The smallest absolute Gasteiger partial charge is 0.397 e. The summed E-state index contributed by atoms with van der Waals surface area (Å²) in [6.07, 6.45) is -2.23. The Balaban J connectivity index is 3.37. The molecule has 0 radical (unpaired) electrons. The molecule has 17 heavy (non-hydrogen) atoms. The van der Waals surface area contributed by atoms with E-state index in [0.29, 0.717) is 5.12 Å². The maximum absolute atomic E-state index is 12.7. The van der Waals surface area contributed by atoms with E-state index in [1.165, 1.54) is 13.1 Å². The first kappa shape index (κ1) is 12.9. The van der Waals surface area contributed by atoms with E-state index in [-0.39, 0.29) is 5.69 Å². The summed E-state index contributed by atoms with van der Waals surface area (Å²) in [4.78, 5) is 3.57. The van der Waals surface area contributed by atoms with Crippen LogP contribution in [0.25, 0.3) is 0 Å². The number of hydrogen-bond acceptors (Lipinski definition) is 5. The van der Waals surface area contributed by atoms with Gasteiger partial charge in [-0.15, -0.1) is 5.12 Å². The minimum atomic E-state index is -4.59. The third kappa shape index (κ3) is 2.92. The van der Waals surface area contributed by atoms with Crippen LogP contribution in [0.15, 0.2) is 22.5 Å². The van der Waals surface area contributed by atoms with Crippen LogP contribution >= 0.6 is 0 Å². The standard InChI is InChI=1S/C9H10F3N5/c1-3-16-17(14-2)8-7(9(10,11)12)4-6(13)5-15-8/h3-5H,2,13H2,1H3/b16-3-. The van der Waals surface area contributed by atoms with Crippen molar-refractivity contribution in [1.82, 2.24) is 4.98 Å². The van der Waals surface area contributed by atoms with Crippen molar-refractivity contribution in [3.63, 3.8) is 0 Å². The van der Waals surface area contributed by atoms with Crippen LogP contribution in [0.4, 0.5) is 24.7 Å². The molecule has 1 aromatic heterocycles. The summed E-state index contributed by atoms with van der Waals surface area (Å²) in [6.45, 7) is 4.66. The average molecular weight is 245 g/mol. The number of nitrogens with zero attached hydrogens (tertiary/aromatic N) is 4. The second kappa shape index (κ2) is 4.81. The second-order valence-corrected chi connectivity index (χ2v) is 2.94. The van der Waals surface area contributed by atoms with Gasteiger partial charge in [0, 0.05) is 12.9 Å². The number of hydrogen-bond donors (Lipinski definition) is 1. The van der Waals surface area contributed by atoms with E-state index in [4.69, 9.17) is 5.73 Å². The third-order valence-corrected chi connectivity index (χ3v) is 1.74. The molecule has 2 N–H and O–H groups in total. The summed E-state index contributed by atoms with van der Waals surface area (Å²) < 4.78 is 38.2. The van der Waals surface area contributed by atoms with Crippen LogP contribution in [0.2, 0.25) is 0 Å². The van der Waals surface area contributed by atoms with Gasteiger partial charge in [0.2, 0.25) is 0 Å². The summed E-state index contributed by atoms with van der Waals surface area (Å²) in [7, 11) is 0. The first-order valence-electron chi connectivity index (χ1n) is 4.48. The molecule has 0 spiro atoms. The van der Waals surface area contributed by atoms with Gasteiger partial charge in [-0.05, 0) is 13.0 Å². The van der Waals surface area contributed by atoms with E-state index < -0.39 is 17.6 Å². The van der Waals surface area contributed by atoms with Crippen LogP contribution in [0.3, 0.4) is 0 Å². The van der Waals surface area contributed by atoms with Crippen molar-refractivity contribution in [2.75, 3.05) is 10.9 Å². The molecule has 5 nitrogen and oxygen atoms in total. The number of halogens is 3. The minimum Gasteiger partial charge on any atom is -0.397 e. The number of hydrazone groups is 2. The topological polar surface area (TPSA) is 66.9 Å². The lowest BCUT2D eigenvalue weighted by Gasteiger charge is -2.17. The van der Waals surface area contributed by atoms with E-state index in [9.17, 15) is 13.2 Å². The summed E-state index contributed by atoms with van der Waals surface area (Å²) in [5.74, 6) is -0.472. The second-order valence-electron chi connectivity index (χ2n) is 2.94. The van der Waals surface area contributed by atoms with E-state index in [0.717, 1.165) is 12.3 Å². The van der Waals surface area contributed by atoms with Crippen LogP contribution < -0.4 is 10.9 Å². The molecule has 0 saturated carbocycles. The maximum Gasteiger partial charge on any atom is 0.420 e. The highest BCUT2D eigenvalue weighted by molar-refractivity contribution is 5.59. The number of alkyl halides is 3. The molecule has 0 aliphatic rings. The Labute approximate surface area is 95.4 Å². The van der Waals surface area contributed by atoms with E-state index >= 15 is 0 Å². The van der Waals surface area contributed by atoms with Gasteiger partial charge in [-0.25, -0.2) is 4.98 Å². The summed E-state index contributed by atoms with van der Waals surface area (Å²) in [5.41, 5.74) is 4.16. The van der Waals surface area contributed by atoms with Crippen LogP contribution in [0.1, 0.15) is 12.5 Å². The lowest BCUT2D eigenvalue weighted by molar-refractivity contribution is -0.137. The molecule has 0 unspecified atom stereocenters. The number of nitrogens with two attached hydrogens (primary N) is 1. The first-order valence-corrected chi connectivity index (χ1v) is 4.48. The quantitative estimate of drug-likeness (QED) is 0.655. The highest BCUT2D eigenvalue weighted by Gasteiger charge is 2.36. The molecule has 0 aliphatic heterocycles. The van der Waals surface area contributed by atoms with Crippen molar-refractivity contribution in [2.45, 2.75) is 13.1 Å². The Morgan fingerprint density at radius 1 is 1.53 bits per heavy atom. The number of rotatable bonds is 3. The molecule has 0 saturated heterocycles. The fourth-order valence-electron chi connectivity index (χ4n) is 1.11. The zero-order chi connectivity index (χ0) is 13.1. The van der Waals surface area contributed by atoms with Gasteiger partial charge in [-0.1, -0.05) is 0 Å². The molecule has 8 heteroatoms. The molecular weight excluding hydrogens is 235 g/mol. The largest absolute Gasteiger partial charge is 0.420 e. The Morgan fingerprint density at radius 2 is 2.18 bits per heavy atom. The van der Waals surface area contributed by atoms with Crippen LogP contribution in [-0.2, 0) is 6.18 Å². The fraction of sp³-hybridized carbons (Fsp3) is 0.222. The van der Waals surface area contributed by atoms with E-state index in [2.05, 4.69) is 21.9 Å². The molecule has 0 bridgehead atoms. The number of anilines is 2. The Hall–Kier alpha value is -2.12. The van der Waals surface area contributed by atoms with Gasteiger partial charge in [0.15, 0.2) is 5.82 Å². The van der Waals surface area contributed by atoms with Gasteiger partial charge in [-0.2, -0.15) is 23.4 Å². The molecule has 92 valence electrons. The number of aromatic nitrogens is 1. The zero-order valence-corrected chi connectivity index (χ0v) is 8.94. The predicted molar refractivity (Wildman–Crippen MR) is 59.8 cm³/mol. The van der Waals surface area contributed by atoms with Crippen molar-refractivity contribution >= 4 is 24.4 Å². The number of nitrogen functional groups attached to an aromatic ring is 1. The average Bonchev–Trinajstić information content (AvgIpc) is 2.25. The molecule has 1 rings (SSSR count). The van der Waals surface area contributed by atoms with E-state index in [1.807, 2.05) is 0 Å². The lowest BCUT2D eigenvalue weighted by atomic mass is 10.2. The van der Waals surface area contributed by atoms with Crippen molar-refractivity contribution in [1.29, 1.82) is 0 Å². The molecule has 0 aliphatic carbocycles. The minimum absolute atomic E-state index is 0.0921. The predicted octanol–water partition coefficient (Wildman–Crippen LogP) is 2.11. The highest BCUT2D eigenvalue weighted by atomic mass is 19.4. The molecule has 0 atom stereocenters. The monoisotopic (exact) mass is 245 g/mol. The van der Waals surface area contributed by atoms with Crippen LogP contribution in [0.5, 0.6) is 0 Å². The summed E-state index contributed by atoms with van der Waals surface area (Å²) >= 11 is 0. The summed E-state index contributed by atoms with van der Waals surface area (Å²) in [6, 6.07) is 0.770. The molecule has 0 amide bonds. The van der Waals surface area contributed by atoms with Crippen molar-refractivity contribution in [3.8, 4) is 0 Å². The Morgan fingerprint density at radius 3 is 2.65 bits per heavy atom. The fourth-order valence-corrected chi connectivity index (χ4v) is 1.11. The first-order chi connectivity index (χ1) is 7.90. The van der Waals surface area contributed by atoms with Crippen molar-refractivity contribution < 1.29 is 13.2 Å². The van der Waals surface area contributed by atoms with Crippen LogP contribution in [0, 0.1) is 0 Å². The SMILES string of the molecule is C=NN(/N=C\C)c1ncc(N)cc1C(F)(F)F. The maximum atomic E-state index is 12.7. The van der Waals surface area contributed by atoms with Gasteiger partial charge in [-0.3, -0.25) is 0 Å². The molecule has 1 heterocycles. The lowest BCUT2D eigenvalue weighted by Crippen LogP contribution is -2.17.